The van der Waals surface area contributed by atoms with Crippen LogP contribution in [0.4, 0.5) is 10.1 Å². The van der Waals surface area contributed by atoms with Crippen LogP contribution < -0.4 is 9.64 Å². The smallest absolute Gasteiger partial charge is 0.227 e. The number of aromatic nitrogens is 2. The molecule has 5 rings (SSSR count). The number of fused-ring (bicyclic) bond motifs is 1. The molecule has 34 heavy (non-hydrogen) atoms. The van der Waals surface area contributed by atoms with Gasteiger partial charge in [0.1, 0.15) is 30.1 Å². The monoisotopic (exact) mass is 479 g/mol. The molecule has 1 aliphatic rings. The molecule has 1 aromatic heterocycles. The maximum Gasteiger partial charge on any atom is 0.227 e. The van der Waals surface area contributed by atoms with E-state index in [4.69, 9.17) is 21.3 Å². The number of anilines is 1. The normalized spacial score (nSPS) is 16.9. The number of imidazole rings is 1. The third-order valence-corrected chi connectivity index (χ3v) is 6.27. The summed E-state index contributed by atoms with van der Waals surface area (Å²) in [5, 5.41) is 11.3. The summed E-state index contributed by atoms with van der Waals surface area (Å²) in [5.41, 5.74) is 2.18. The van der Waals surface area contributed by atoms with Gasteiger partial charge in [0, 0.05) is 24.6 Å². The number of aliphatic hydroxyl groups is 1. The highest BCUT2D eigenvalue weighted by Crippen LogP contribution is 2.33. The third-order valence-electron chi connectivity index (χ3n) is 5.96. The van der Waals surface area contributed by atoms with Crippen LogP contribution in [-0.2, 0) is 11.3 Å². The summed E-state index contributed by atoms with van der Waals surface area (Å²) in [5.74, 6) is 0.551. The van der Waals surface area contributed by atoms with Gasteiger partial charge in [-0.15, -0.1) is 0 Å². The second-order valence-corrected chi connectivity index (χ2v) is 8.76. The van der Waals surface area contributed by atoms with Crippen molar-refractivity contribution >= 4 is 34.2 Å². The minimum absolute atomic E-state index is 0.0503. The van der Waals surface area contributed by atoms with E-state index in [1.807, 2.05) is 41.0 Å². The first kappa shape index (κ1) is 22.4. The molecule has 2 atom stereocenters. The fraction of sp³-hybridized carbons (Fsp3) is 0.231. The van der Waals surface area contributed by atoms with E-state index in [2.05, 4.69) is 0 Å². The number of aliphatic hydroxyl groups excluding tert-OH is 1. The zero-order valence-corrected chi connectivity index (χ0v) is 19.0. The molecule has 6 nitrogen and oxygen atoms in total. The maximum absolute atomic E-state index is 13.7. The number of carbonyl (C=O) groups is 1. The quantitative estimate of drug-likeness (QED) is 0.414. The summed E-state index contributed by atoms with van der Waals surface area (Å²) in [4.78, 5) is 19.2. The highest BCUT2D eigenvalue weighted by atomic mass is 35.5. The Kier molecular flexibility index (Phi) is 6.22. The predicted molar refractivity (Wildman–Crippen MR) is 129 cm³/mol. The first-order valence-electron chi connectivity index (χ1n) is 11.1. The van der Waals surface area contributed by atoms with Gasteiger partial charge in [-0.1, -0.05) is 41.9 Å². The topological polar surface area (TPSA) is 67.6 Å². The van der Waals surface area contributed by atoms with Gasteiger partial charge in [-0.25, -0.2) is 9.37 Å². The van der Waals surface area contributed by atoms with E-state index < -0.39 is 6.10 Å². The number of nitrogens with zero attached hydrogens (tertiary/aromatic N) is 3. The molecule has 1 aliphatic heterocycles. The summed E-state index contributed by atoms with van der Waals surface area (Å²) in [7, 11) is 0. The molecule has 174 valence electrons. The molecular weight excluding hydrogens is 457 g/mol. The molecule has 1 saturated heterocycles. The van der Waals surface area contributed by atoms with Crippen LogP contribution >= 0.6 is 11.6 Å². The minimum Gasteiger partial charge on any atom is -0.489 e. The van der Waals surface area contributed by atoms with E-state index in [0.29, 0.717) is 28.8 Å². The van der Waals surface area contributed by atoms with Gasteiger partial charge < -0.3 is 19.3 Å². The first-order chi connectivity index (χ1) is 16.5. The molecule has 1 amide bonds. The van der Waals surface area contributed by atoms with Crippen molar-refractivity contribution in [3.05, 3.63) is 89.5 Å². The Morgan fingerprint density at radius 1 is 1.12 bits per heavy atom. The maximum atomic E-state index is 13.7. The highest BCUT2D eigenvalue weighted by Gasteiger charge is 2.35. The van der Waals surface area contributed by atoms with Crippen molar-refractivity contribution in [2.75, 3.05) is 18.1 Å². The number of halogens is 2. The van der Waals surface area contributed by atoms with Crippen LogP contribution in [0.2, 0.25) is 5.02 Å². The van der Waals surface area contributed by atoms with Crippen LogP contribution in [0.25, 0.3) is 11.0 Å². The number of benzene rings is 3. The lowest BCUT2D eigenvalue weighted by Crippen LogP contribution is -2.26. The summed E-state index contributed by atoms with van der Waals surface area (Å²) in [6.45, 7) is 0.678. The second-order valence-electron chi connectivity index (χ2n) is 8.35. The number of hydrogen-bond acceptors (Lipinski definition) is 4. The van der Waals surface area contributed by atoms with E-state index in [-0.39, 0.29) is 37.2 Å². The third kappa shape index (κ3) is 4.49. The molecule has 0 saturated carbocycles. The van der Waals surface area contributed by atoms with Gasteiger partial charge in [-0.2, -0.15) is 0 Å². The van der Waals surface area contributed by atoms with Crippen LogP contribution in [0, 0.1) is 5.82 Å². The molecular formula is C26H23ClFN3O3. The van der Waals surface area contributed by atoms with Crippen molar-refractivity contribution < 1.29 is 19.0 Å². The molecule has 8 heteroatoms. The molecule has 0 radical (unpaired) electrons. The van der Waals surface area contributed by atoms with Gasteiger partial charge in [-0.3, -0.25) is 4.79 Å². The lowest BCUT2D eigenvalue weighted by atomic mass is 10.1. The van der Waals surface area contributed by atoms with E-state index in [1.165, 1.54) is 12.1 Å². The van der Waals surface area contributed by atoms with E-state index in [0.717, 1.165) is 11.0 Å². The Hall–Kier alpha value is -3.42. The van der Waals surface area contributed by atoms with Crippen LogP contribution in [-0.4, -0.2) is 39.8 Å². The van der Waals surface area contributed by atoms with E-state index in [9.17, 15) is 14.3 Å². The summed E-state index contributed by atoms with van der Waals surface area (Å²) < 4.78 is 21.4. The lowest BCUT2D eigenvalue weighted by Gasteiger charge is -2.19. The van der Waals surface area contributed by atoms with Gasteiger partial charge in [0.2, 0.25) is 5.91 Å². The Balaban J connectivity index is 1.39. The Morgan fingerprint density at radius 3 is 2.74 bits per heavy atom. The number of rotatable bonds is 7. The Bertz CT molecular complexity index is 1340. The largest absolute Gasteiger partial charge is 0.489 e. The van der Waals surface area contributed by atoms with Crippen LogP contribution in [0.5, 0.6) is 5.75 Å². The molecule has 1 N–H and O–H groups in total. The Morgan fingerprint density at radius 2 is 1.91 bits per heavy atom. The molecule has 0 bridgehead atoms. The van der Waals surface area contributed by atoms with Crippen LogP contribution in [0.15, 0.2) is 72.8 Å². The number of para-hydroxylation sites is 3. The number of ether oxygens (including phenoxy) is 1. The van der Waals surface area contributed by atoms with Gasteiger partial charge in [0.15, 0.2) is 0 Å². The molecule has 3 aromatic carbocycles. The first-order valence-corrected chi connectivity index (χ1v) is 11.4. The molecule has 0 unspecified atom stereocenters. The average molecular weight is 480 g/mol. The van der Waals surface area contributed by atoms with Crippen molar-refractivity contribution in [1.29, 1.82) is 0 Å². The standard InChI is InChI=1S/C26H23ClFN3O3/c27-21-8-1-4-11-24(21)34-16-20(32)15-31-23-10-3-2-9-22(23)29-26(31)17-12-25(33)30(14-17)19-7-5-6-18(28)13-19/h1-11,13,17,20,32H,12,14-16H2/t17-,20-/m1/s1. The zero-order valence-electron chi connectivity index (χ0n) is 18.3. The summed E-state index contributed by atoms with van der Waals surface area (Å²) in [6, 6.07) is 20.8. The van der Waals surface area contributed by atoms with Crippen molar-refractivity contribution in [1.82, 2.24) is 9.55 Å². The molecule has 0 aliphatic carbocycles. The van der Waals surface area contributed by atoms with Gasteiger partial charge in [-0.05, 0) is 42.5 Å². The summed E-state index contributed by atoms with van der Waals surface area (Å²) in [6.07, 6.45) is -0.574. The fourth-order valence-corrected chi connectivity index (χ4v) is 4.57. The second kappa shape index (κ2) is 9.44. The SMILES string of the molecule is O=C1C[C@@H](c2nc3ccccc3n2C[C@@H](O)COc2ccccc2Cl)CN1c1cccc(F)c1. The zero-order chi connectivity index (χ0) is 23.7. The van der Waals surface area contributed by atoms with E-state index >= 15 is 0 Å². The minimum atomic E-state index is -0.830. The molecule has 0 spiro atoms. The molecule has 2 heterocycles. The average Bonchev–Trinajstić information content (AvgIpc) is 3.39. The van der Waals surface area contributed by atoms with Crippen LogP contribution in [0.3, 0.4) is 0 Å². The fourth-order valence-electron chi connectivity index (χ4n) is 4.38. The molecule has 1 fully saturated rings. The van der Waals surface area contributed by atoms with Gasteiger partial charge in [0.25, 0.3) is 0 Å². The van der Waals surface area contributed by atoms with Crippen molar-refractivity contribution in [3.8, 4) is 5.75 Å². The van der Waals surface area contributed by atoms with Gasteiger partial charge >= 0.3 is 0 Å². The summed E-state index contributed by atoms with van der Waals surface area (Å²) >= 11 is 6.15. The lowest BCUT2D eigenvalue weighted by molar-refractivity contribution is -0.117. The molecule has 4 aromatic rings. The van der Waals surface area contributed by atoms with E-state index in [1.54, 1.807) is 29.2 Å². The number of amides is 1. The highest BCUT2D eigenvalue weighted by molar-refractivity contribution is 6.32. The van der Waals surface area contributed by atoms with Crippen molar-refractivity contribution in [2.24, 2.45) is 0 Å². The van der Waals surface area contributed by atoms with Gasteiger partial charge in [0.05, 0.1) is 22.6 Å². The Labute approximate surface area is 201 Å². The van der Waals surface area contributed by atoms with Crippen LogP contribution in [0.1, 0.15) is 18.2 Å². The predicted octanol–water partition coefficient (Wildman–Crippen LogP) is 4.79. The van der Waals surface area contributed by atoms with Crippen molar-refractivity contribution in [2.45, 2.75) is 25.0 Å². The number of carbonyl (C=O) groups excluding carboxylic acids is 1. The van der Waals surface area contributed by atoms with Crippen molar-refractivity contribution in [3.63, 3.8) is 0 Å². The number of hydrogen-bond donors (Lipinski definition) is 1.